The summed E-state index contributed by atoms with van der Waals surface area (Å²) in [6.07, 6.45) is 3.92. The van der Waals surface area contributed by atoms with Gasteiger partial charge in [0, 0.05) is 48.3 Å². The van der Waals surface area contributed by atoms with Crippen LogP contribution < -0.4 is 15.5 Å². The van der Waals surface area contributed by atoms with E-state index < -0.39 is 0 Å². The molecule has 0 bridgehead atoms. The molecule has 0 spiro atoms. The van der Waals surface area contributed by atoms with Crippen molar-refractivity contribution >= 4 is 51.7 Å². The molecule has 1 aliphatic rings. The molecule has 0 unspecified atom stereocenters. The summed E-state index contributed by atoms with van der Waals surface area (Å²) in [6.45, 7) is 2.67. The molecule has 1 saturated heterocycles. The number of carbonyl (C=O) groups excluding carboxylic acids is 2. The minimum absolute atomic E-state index is 0.142. The monoisotopic (exact) mass is 468 g/mol. The fourth-order valence-corrected chi connectivity index (χ4v) is 4.53. The first-order valence-electron chi connectivity index (χ1n) is 10.2. The Hall–Kier alpha value is -3.11. The number of amides is 3. The second kappa shape index (κ2) is 10.5. The van der Waals surface area contributed by atoms with Crippen LogP contribution in [0.4, 0.5) is 21.4 Å². The predicted molar refractivity (Wildman–Crippen MR) is 130 cm³/mol. The average molecular weight is 469 g/mol. The number of hydrogen-bond acceptors (Lipinski definition) is 7. The van der Waals surface area contributed by atoms with Gasteiger partial charge < -0.3 is 15.1 Å². The Morgan fingerprint density at radius 3 is 2.69 bits per heavy atom. The predicted octanol–water partition coefficient (Wildman–Crippen LogP) is 3.80. The van der Waals surface area contributed by atoms with Gasteiger partial charge in [0.15, 0.2) is 5.13 Å². The van der Waals surface area contributed by atoms with Crippen LogP contribution in [-0.4, -0.2) is 59.2 Å². The van der Waals surface area contributed by atoms with E-state index in [1.807, 2.05) is 48.7 Å². The van der Waals surface area contributed by atoms with Crippen LogP contribution in [0.3, 0.4) is 0 Å². The lowest BCUT2D eigenvalue weighted by atomic mass is 10.3. The normalized spacial score (nSPS) is 13.7. The number of rotatable bonds is 6. The van der Waals surface area contributed by atoms with Crippen LogP contribution in [0.15, 0.2) is 58.9 Å². The van der Waals surface area contributed by atoms with Crippen molar-refractivity contribution in [2.75, 3.05) is 48.0 Å². The SMILES string of the molecule is CSc1cccc(NC(=O)Cc2csc(NC(=O)N3CCN(c4ccccn4)CC3)n2)c1. The summed E-state index contributed by atoms with van der Waals surface area (Å²) in [5, 5.41) is 8.03. The Bertz CT molecular complexity index is 1070. The van der Waals surface area contributed by atoms with E-state index in [1.165, 1.54) is 11.3 Å². The van der Waals surface area contributed by atoms with Crippen molar-refractivity contribution < 1.29 is 9.59 Å². The second-order valence-electron chi connectivity index (χ2n) is 7.19. The third kappa shape index (κ3) is 5.77. The van der Waals surface area contributed by atoms with Crippen LogP contribution in [0.1, 0.15) is 5.69 Å². The van der Waals surface area contributed by atoms with Crippen molar-refractivity contribution in [3.8, 4) is 0 Å². The van der Waals surface area contributed by atoms with Crippen molar-refractivity contribution in [1.82, 2.24) is 14.9 Å². The molecule has 3 aromatic rings. The maximum absolute atomic E-state index is 12.6. The molecule has 0 atom stereocenters. The van der Waals surface area contributed by atoms with Crippen LogP contribution in [0.2, 0.25) is 0 Å². The molecule has 1 fully saturated rings. The first kappa shape index (κ1) is 22.1. The van der Waals surface area contributed by atoms with E-state index in [4.69, 9.17) is 0 Å². The number of aromatic nitrogens is 2. The molecule has 3 heterocycles. The Morgan fingerprint density at radius 2 is 1.94 bits per heavy atom. The quantitative estimate of drug-likeness (QED) is 0.535. The lowest BCUT2D eigenvalue weighted by Gasteiger charge is -2.35. The molecule has 1 aromatic carbocycles. The number of benzene rings is 1. The number of pyridine rings is 1. The largest absolute Gasteiger partial charge is 0.353 e. The Balaban J connectivity index is 1.26. The zero-order valence-corrected chi connectivity index (χ0v) is 19.3. The zero-order valence-electron chi connectivity index (χ0n) is 17.7. The summed E-state index contributed by atoms with van der Waals surface area (Å²) in [6, 6.07) is 13.3. The van der Waals surface area contributed by atoms with Crippen molar-refractivity contribution in [3.05, 3.63) is 59.7 Å². The van der Waals surface area contributed by atoms with Gasteiger partial charge in [-0.2, -0.15) is 0 Å². The van der Waals surface area contributed by atoms with Crippen molar-refractivity contribution in [2.24, 2.45) is 0 Å². The van der Waals surface area contributed by atoms with Gasteiger partial charge in [-0.05, 0) is 36.6 Å². The summed E-state index contributed by atoms with van der Waals surface area (Å²) >= 11 is 2.94. The van der Waals surface area contributed by atoms with Gasteiger partial charge in [-0.3, -0.25) is 10.1 Å². The molecule has 32 heavy (non-hydrogen) atoms. The molecule has 2 aromatic heterocycles. The summed E-state index contributed by atoms with van der Waals surface area (Å²) in [5.74, 6) is 0.785. The molecule has 0 aliphatic carbocycles. The van der Waals surface area contributed by atoms with Crippen LogP contribution in [-0.2, 0) is 11.2 Å². The number of thiazole rings is 1. The van der Waals surface area contributed by atoms with Gasteiger partial charge in [0.1, 0.15) is 5.82 Å². The second-order valence-corrected chi connectivity index (χ2v) is 8.93. The van der Waals surface area contributed by atoms with E-state index in [-0.39, 0.29) is 18.4 Å². The lowest BCUT2D eigenvalue weighted by molar-refractivity contribution is -0.115. The van der Waals surface area contributed by atoms with E-state index in [9.17, 15) is 9.59 Å². The average Bonchev–Trinajstić information content (AvgIpc) is 3.26. The summed E-state index contributed by atoms with van der Waals surface area (Å²) in [4.78, 5) is 38.7. The highest BCUT2D eigenvalue weighted by molar-refractivity contribution is 7.98. The number of carbonyl (C=O) groups is 2. The molecule has 3 amide bonds. The van der Waals surface area contributed by atoms with Crippen molar-refractivity contribution in [2.45, 2.75) is 11.3 Å². The number of urea groups is 1. The number of hydrogen-bond donors (Lipinski definition) is 2. The molecular formula is C22H24N6O2S2. The fraction of sp³-hybridized carbons (Fsp3) is 0.273. The third-order valence-electron chi connectivity index (χ3n) is 5.00. The molecule has 1 aliphatic heterocycles. The lowest BCUT2D eigenvalue weighted by Crippen LogP contribution is -2.50. The van der Waals surface area contributed by atoms with E-state index in [1.54, 1.807) is 28.2 Å². The van der Waals surface area contributed by atoms with Crippen LogP contribution in [0, 0.1) is 0 Å². The van der Waals surface area contributed by atoms with Crippen molar-refractivity contribution in [1.29, 1.82) is 0 Å². The summed E-state index contributed by atoms with van der Waals surface area (Å²) in [7, 11) is 0. The van der Waals surface area contributed by atoms with Gasteiger partial charge in [-0.25, -0.2) is 14.8 Å². The molecule has 4 rings (SSSR count). The Kier molecular flexibility index (Phi) is 7.23. The Morgan fingerprint density at radius 1 is 1.09 bits per heavy atom. The van der Waals surface area contributed by atoms with E-state index in [2.05, 4.69) is 25.5 Å². The van der Waals surface area contributed by atoms with Gasteiger partial charge in [0.05, 0.1) is 12.1 Å². The standard InChI is InChI=1S/C22H24N6O2S2/c1-31-18-6-4-5-16(13-18)24-20(29)14-17-15-32-21(25-17)26-22(30)28-11-9-27(10-12-28)19-7-2-3-8-23-19/h2-8,13,15H,9-12,14H2,1H3,(H,24,29)(H,25,26,30). The van der Waals surface area contributed by atoms with Crippen LogP contribution in [0.25, 0.3) is 0 Å². The topological polar surface area (TPSA) is 90.5 Å². The fourth-order valence-electron chi connectivity index (χ4n) is 3.37. The Labute approximate surface area is 195 Å². The van der Waals surface area contributed by atoms with Crippen molar-refractivity contribution in [3.63, 3.8) is 0 Å². The van der Waals surface area contributed by atoms with Crippen LogP contribution >= 0.6 is 23.1 Å². The smallest absolute Gasteiger partial charge is 0.323 e. The number of thioether (sulfide) groups is 1. The van der Waals surface area contributed by atoms with Gasteiger partial charge in [-0.15, -0.1) is 23.1 Å². The highest BCUT2D eigenvalue weighted by atomic mass is 32.2. The molecule has 166 valence electrons. The van der Waals surface area contributed by atoms with E-state index in [0.29, 0.717) is 23.9 Å². The molecule has 0 radical (unpaired) electrons. The number of anilines is 3. The minimum atomic E-state index is -0.176. The highest BCUT2D eigenvalue weighted by Crippen LogP contribution is 2.20. The molecule has 8 nitrogen and oxygen atoms in total. The van der Waals surface area contributed by atoms with Gasteiger partial charge in [0.25, 0.3) is 0 Å². The molecular weight excluding hydrogens is 444 g/mol. The number of nitrogens with one attached hydrogen (secondary N) is 2. The maximum Gasteiger partial charge on any atom is 0.323 e. The molecule has 0 saturated carbocycles. The first-order valence-corrected chi connectivity index (χ1v) is 12.3. The minimum Gasteiger partial charge on any atom is -0.353 e. The summed E-state index contributed by atoms with van der Waals surface area (Å²) in [5.41, 5.74) is 1.39. The molecule has 2 N–H and O–H groups in total. The van der Waals surface area contributed by atoms with Gasteiger partial charge in [-0.1, -0.05) is 12.1 Å². The van der Waals surface area contributed by atoms with E-state index in [0.717, 1.165) is 29.5 Å². The van der Waals surface area contributed by atoms with E-state index >= 15 is 0 Å². The maximum atomic E-state index is 12.6. The first-order chi connectivity index (χ1) is 15.6. The third-order valence-corrected chi connectivity index (χ3v) is 6.53. The van der Waals surface area contributed by atoms with Crippen LogP contribution in [0.5, 0.6) is 0 Å². The molecule has 10 heteroatoms. The number of nitrogens with zero attached hydrogens (tertiary/aromatic N) is 4. The number of piperazine rings is 1. The van der Waals surface area contributed by atoms with Gasteiger partial charge in [0.2, 0.25) is 5.91 Å². The van der Waals surface area contributed by atoms with Gasteiger partial charge >= 0.3 is 6.03 Å². The summed E-state index contributed by atoms with van der Waals surface area (Å²) < 4.78 is 0. The zero-order chi connectivity index (χ0) is 22.3. The highest BCUT2D eigenvalue weighted by Gasteiger charge is 2.22.